The van der Waals surface area contributed by atoms with Gasteiger partial charge in [0.25, 0.3) is 0 Å². The van der Waals surface area contributed by atoms with E-state index in [4.69, 9.17) is 5.73 Å². The van der Waals surface area contributed by atoms with Gasteiger partial charge in [0.15, 0.2) is 0 Å². The molecule has 0 aliphatic rings. The highest BCUT2D eigenvalue weighted by atomic mass is 15.2. The molecule has 2 heterocycles. The number of benzene rings is 1. The first kappa shape index (κ1) is 12.7. The second-order valence-corrected chi connectivity index (χ2v) is 4.87. The highest BCUT2D eigenvalue weighted by Gasteiger charge is 2.08. The molecule has 0 atom stereocenters. The van der Waals surface area contributed by atoms with E-state index in [1.54, 1.807) is 0 Å². The number of rotatable bonds is 4. The van der Waals surface area contributed by atoms with Gasteiger partial charge in [-0.3, -0.25) is 4.40 Å². The maximum atomic E-state index is 5.81. The van der Waals surface area contributed by atoms with Crippen LogP contribution in [-0.4, -0.2) is 16.4 Å². The van der Waals surface area contributed by atoms with Gasteiger partial charge < -0.3 is 10.6 Å². The van der Waals surface area contributed by atoms with Crippen molar-refractivity contribution in [2.75, 3.05) is 11.9 Å². The molecule has 2 aromatic heterocycles. The number of nitrogens with zero attached hydrogens (tertiary/aromatic N) is 3. The minimum atomic E-state index is 0.569. The van der Waals surface area contributed by atoms with E-state index in [2.05, 4.69) is 45.6 Å². The highest BCUT2D eigenvalue weighted by Crippen LogP contribution is 2.18. The zero-order chi connectivity index (χ0) is 13.9. The van der Waals surface area contributed by atoms with Gasteiger partial charge in [-0.05, 0) is 23.3 Å². The van der Waals surface area contributed by atoms with Crippen LogP contribution in [0.2, 0.25) is 0 Å². The summed E-state index contributed by atoms with van der Waals surface area (Å²) in [7, 11) is 2.09. The lowest BCUT2D eigenvalue weighted by molar-refractivity contribution is 0.865. The van der Waals surface area contributed by atoms with Gasteiger partial charge in [-0.2, -0.15) is 0 Å². The van der Waals surface area contributed by atoms with Crippen LogP contribution in [0.15, 0.2) is 54.9 Å². The van der Waals surface area contributed by atoms with Gasteiger partial charge in [0.05, 0.1) is 0 Å². The first-order valence-electron chi connectivity index (χ1n) is 6.69. The number of hydrogen-bond donors (Lipinski definition) is 1. The van der Waals surface area contributed by atoms with E-state index in [1.165, 1.54) is 11.1 Å². The summed E-state index contributed by atoms with van der Waals surface area (Å²) >= 11 is 0. The zero-order valence-corrected chi connectivity index (χ0v) is 11.5. The van der Waals surface area contributed by atoms with Crippen LogP contribution >= 0.6 is 0 Å². The summed E-state index contributed by atoms with van der Waals surface area (Å²) in [5, 5.41) is 0. The van der Waals surface area contributed by atoms with Crippen LogP contribution in [0.1, 0.15) is 11.1 Å². The predicted octanol–water partition coefficient (Wildman–Crippen LogP) is 2.43. The van der Waals surface area contributed by atoms with Crippen molar-refractivity contribution in [1.82, 2.24) is 9.38 Å². The van der Waals surface area contributed by atoms with Crippen molar-refractivity contribution in [3.8, 4) is 0 Å². The van der Waals surface area contributed by atoms with Gasteiger partial charge >= 0.3 is 0 Å². The quantitative estimate of drug-likeness (QED) is 0.789. The lowest BCUT2D eigenvalue weighted by Gasteiger charge is -2.22. The third kappa shape index (κ3) is 2.26. The minimum Gasteiger partial charge on any atom is -0.356 e. The van der Waals surface area contributed by atoms with E-state index < -0.39 is 0 Å². The molecule has 0 amide bonds. The van der Waals surface area contributed by atoms with E-state index in [0.29, 0.717) is 6.54 Å². The second kappa shape index (κ2) is 5.35. The third-order valence-corrected chi connectivity index (χ3v) is 3.54. The third-order valence-electron chi connectivity index (χ3n) is 3.54. The maximum Gasteiger partial charge on any atom is 0.138 e. The van der Waals surface area contributed by atoms with E-state index in [0.717, 1.165) is 18.0 Å². The standard InChI is InChI=1S/C16H18N4/c1-19(12-14-6-3-2-5-13(14)11-17)16-8-4-7-15-18-9-10-20(15)16/h2-10H,11-12,17H2,1H3. The smallest absolute Gasteiger partial charge is 0.138 e. The Bertz CT molecular complexity index is 717. The van der Waals surface area contributed by atoms with Crippen LogP contribution in [0.5, 0.6) is 0 Å². The monoisotopic (exact) mass is 266 g/mol. The maximum absolute atomic E-state index is 5.81. The van der Waals surface area contributed by atoms with Crippen LogP contribution in [0.3, 0.4) is 0 Å². The summed E-state index contributed by atoms with van der Waals surface area (Å²) in [4.78, 5) is 6.53. The van der Waals surface area contributed by atoms with Gasteiger partial charge in [0, 0.05) is 32.5 Å². The number of aromatic nitrogens is 2. The van der Waals surface area contributed by atoms with Crippen LogP contribution in [0.25, 0.3) is 5.65 Å². The molecule has 3 rings (SSSR count). The molecule has 4 nitrogen and oxygen atoms in total. The average Bonchev–Trinajstić information content (AvgIpc) is 2.96. The summed E-state index contributed by atoms with van der Waals surface area (Å²) in [6, 6.07) is 14.4. The van der Waals surface area contributed by atoms with Gasteiger partial charge in [-0.25, -0.2) is 4.98 Å². The Balaban J connectivity index is 1.93. The number of nitrogens with two attached hydrogens (primary N) is 1. The van der Waals surface area contributed by atoms with E-state index >= 15 is 0 Å². The molecule has 3 aromatic rings. The Hall–Kier alpha value is -2.33. The molecule has 1 aromatic carbocycles. The molecule has 2 N–H and O–H groups in total. The second-order valence-electron chi connectivity index (χ2n) is 4.87. The largest absolute Gasteiger partial charge is 0.356 e. The van der Waals surface area contributed by atoms with Crippen LogP contribution in [0.4, 0.5) is 5.82 Å². The summed E-state index contributed by atoms with van der Waals surface area (Å²) in [5.74, 6) is 1.12. The first-order valence-corrected chi connectivity index (χ1v) is 6.69. The molecule has 0 unspecified atom stereocenters. The number of pyridine rings is 1. The lowest BCUT2D eigenvalue weighted by Crippen LogP contribution is -2.20. The summed E-state index contributed by atoms with van der Waals surface area (Å²) in [6.07, 6.45) is 3.80. The number of imidazole rings is 1. The van der Waals surface area contributed by atoms with Crippen molar-refractivity contribution >= 4 is 11.5 Å². The van der Waals surface area contributed by atoms with Crippen molar-refractivity contribution < 1.29 is 0 Å². The van der Waals surface area contributed by atoms with Gasteiger partial charge in [-0.1, -0.05) is 30.3 Å². The molecule has 102 valence electrons. The highest BCUT2D eigenvalue weighted by molar-refractivity contribution is 5.51. The van der Waals surface area contributed by atoms with Crippen molar-refractivity contribution in [2.24, 2.45) is 5.73 Å². The van der Waals surface area contributed by atoms with E-state index in [9.17, 15) is 0 Å². The molecule has 0 aliphatic heterocycles. The molecule has 4 heteroatoms. The van der Waals surface area contributed by atoms with Crippen LogP contribution in [0, 0.1) is 0 Å². The molecule has 0 fully saturated rings. The molecule has 0 saturated heterocycles. The molecule has 0 bridgehead atoms. The van der Waals surface area contributed by atoms with Crippen LogP contribution in [-0.2, 0) is 13.1 Å². The molecular weight excluding hydrogens is 248 g/mol. The average molecular weight is 266 g/mol. The minimum absolute atomic E-state index is 0.569. The van der Waals surface area contributed by atoms with Crippen molar-refractivity contribution in [2.45, 2.75) is 13.1 Å². The predicted molar refractivity (Wildman–Crippen MR) is 81.6 cm³/mol. The van der Waals surface area contributed by atoms with E-state index in [-0.39, 0.29) is 0 Å². The molecule has 0 saturated carbocycles. The summed E-state index contributed by atoms with van der Waals surface area (Å²) < 4.78 is 2.09. The fourth-order valence-corrected chi connectivity index (χ4v) is 2.49. The van der Waals surface area contributed by atoms with Crippen molar-refractivity contribution in [3.63, 3.8) is 0 Å². The Morgan fingerprint density at radius 3 is 2.70 bits per heavy atom. The number of hydrogen-bond acceptors (Lipinski definition) is 3. The fraction of sp³-hybridized carbons (Fsp3) is 0.188. The number of anilines is 1. The Morgan fingerprint density at radius 1 is 1.10 bits per heavy atom. The summed E-state index contributed by atoms with van der Waals surface area (Å²) in [6.45, 7) is 1.39. The Morgan fingerprint density at radius 2 is 1.90 bits per heavy atom. The SMILES string of the molecule is CN(Cc1ccccc1CN)c1cccc2nccn12. The molecular formula is C16H18N4. The molecule has 0 spiro atoms. The van der Waals surface area contributed by atoms with E-state index in [1.807, 2.05) is 30.6 Å². The van der Waals surface area contributed by atoms with Crippen molar-refractivity contribution in [3.05, 3.63) is 66.0 Å². The van der Waals surface area contributed by atoms with Crippen molar-refractivity contribution in [1.29, 1.82) is 0 Å². The fourth-order valence-electron chi connectivity index (χ4n) is 2.49. The first-order chi connectivity index (χ1) is 9.79. The lowest BCUT2D eigenvalue weighted by atomic mass is 10.1. The van der Waals surface area contributed by atoms with Gasteiger partial charge in [0.1, 0.15) is 11.5 Å². The molecule has 20 heavy (non-hydrogen) atoms. The summed E-state index contributed by atoms with van der Waals surface area (Å²) in [5.41, 5.74) is 9.22. The van der Waals surface area contributed by atoms with Crippen LogP contribution < -0.4 is 10.6 Å². The molecule has 0 radical (unpaired) electrons. The zero-order valence-electron chi connectivity index (χ0n) is 11.5. The number of fused-ring (bicyclic) bond motifs is 1. The Labute approximate surface area is 118 Å². The Kier molecular flexibility index (Phi) is 3.39. The topological polar surface area (TPSA) is 46.6 Å². The van der Waals surface area contributed by atoms with Gasteiger partial charge in [-0.15, -0.1) is 0 Å². The van der Waals surface area contributed by atoms with Gasteiger partial charge in [0.2, 0.25) is 0 Å². The molecule has 0 aliphatic carbocycles. The normalized spacial score (nSPS) is 10.9.